The van der Waals surface area contributed by atoms with Gasteiger partial charge in [-0.1, -0.05) is 0 Å². The first kappa shape index (κ1) is 15.7. The standard InChI is InChI=1S/C13H23NO5S/c1-2-18-13(15)11-5-3-7-14(9-11)20(16,17)10-12-6-4-8-19-12/h11-12H,2-10H2,1H3. The highest BCUT2D eigenvalue weighted by atomic mass is 32.2. The molecule has 0 aromatic rings. The van der Waals surface area contributed by atoms with E-state index >= 15 is 0 Å². The van der Waals surface area contributed by atoms with Crippen molar-refractivity contribution in [3.05, 3.63) is 0 Å². The number of esters is 1. The Morgan fingerprint density at radius 2 is 2.15 bits per heavy atom. The summed E-state index contributed by atoms with van der Waals surface area (Å²) < 4.78 is 36.5. The summed E-state index contributed by atoms with van der Waals surface area (Å²) in [5.41, 5.74) is 0. The molecule has 0 aromatic heterocycles. The Hall–Kier alpha value is -0.660. The van der Waals surface area contributed by atoms with Gasteiger partial charge in [0.25, 0.3) is 0 Å². The van der Waals surface area contributed by atoms with Crippen molar-refractivity contribution in [2.45, 2.75) is 38.7 Å². The van der Waals surface area contributed by atoms with E-state index in [1.54, 1.807) is 6.92 Å². The maximum atomic E-state index is 12.4. The first-order chi connectivity index (χ1) is 9.53. The number of hydrogen-bond acceptors (Lipinski definition) is 5. The van der Waals surface area contributed by atoms with Gasteiger partial charge < -0.3 is 9.47 Å². The average Bonchev–Trinajstić information content (AvgIpc) is 2.91. The number of nitrogens with zero attached hydrogens (tertiary/aromatic N) is 1. The summed E-state index contributed by atoms with van der Waals surface area (Å²) in [6.07, 6.45) is 2.93. The van der Waals surface area contributed by atoms with Crippen LogP contribution in [0, 0.1) is 5.92 Å². The Morgan fingerprint density at radius 1 is 1.35 bits per heavy atom. The summed E-state index contributed by atoms with van der Waals surface area (Å²) in [5, 5.41) is 0. The topological polar surface area (TPSA) is 72.9 Å². The van der Waals surface area contributed by atoms with Gasteiger partial charge >= 0.3 is 5.97 Å². The van der Waals surface area contributed by atoms with Crippen LogP contribution >= 0.6 is 0 Å². The Morgan fingerprint density at radius 3 is 2.80 bits per heavy atom. The van der Waals surface area contributed by atoms with Crippen LogP contribution in [-0.2, 0) is 24.3 Å². The summed E-state index contributed by atoms with van der Waals surface area (Å²) in [6, 6.07) is 0. The first-order valence-electron chi connectivity index (χ1n) is 7.29. The SMILES string of the molecule is CCOC(=O)C1CCCN(S(=O)(=O)CC2CCCO2)C1. The molecule has 0 spiro atoms. The zero-order chi connectivity index (χ0) is 14.6. The number of hydrogen-bond donors (Lipinski definition) is 0. The number of sulfonamides is 1. The smallest absolute Gasteiger partial charge is 0.310 e. The largest absolute Gasteiger partial charge is 0.466 e. The minimum absolute atomic E-state index is 0.0303. The quantitative estimate of drug-likeness (QED) is 0.702. The predicted octanol–water partition coefficient (Wildman–Crippen LogP) is 0.770. The minimum Gasteiger partial charge on any atom is -0.466 e. The molecule has 2 saturated heterocycles. The molecule has 2 fully saturated rings. The van der Waals surface area contributed by atoms with E-state index in [2.05, 4.69) is 0 Å². The molecule has 116 valence electrons. The molecule has 0 bridgehead atoms. The monoisotopic (exact) mass is 305 g/mol. The third-order valence-electron chi connectivity index (χ3n) is 3.82. The lowest BCUT2D eigenvalue weighted by molar-refractivity contribution is -0.149. The fourth-order valence-corrected chi connectivity index (χ4v) is 4.52. The van der Waals surface area contributed by atoms with Gasteiger partial charge in [-0.15, -0.1) is 0 Å². The van der Waals surface area contributed by atoms with E-state index in [0.29, 0.717) is 32.6 Å². The van der Waals surface area contributed by atoms with Crippen molar-refractivity contribution in [2.24, 2.45) is 5.92 Å². The van der Waals surface area contributed by atoms with Crippen molar-refractivity contribution in [1.82, 2.24) is 4.31 Å². The van der Waals surface area contributed by atoms with E-state index in [1.165, 1.54) is 4.31 Å². The second-order valence-electron chi connectivity index (χ2n) is 5.36. The van der Waals surface area contributed by atoms with Crippen LogP contribution in [0.15, 0.2) is 0 Å². The normalized spacial score (nSPS) is 28.4. The third kappa shape index (κ3) is 3.93. The van der Waals surface area contributed by atoms with Crippen LogP contribution in [0.2, 0.25) is 0 Å². The van der Waals surface area contributed by atoms with Crippen molar-refractivity contribution >= 4 is 16.0 Å². The average molecular weight is 305 g/mol. The van der Waals surface area contributed by atoms with Crippen LogP contribution in [0.1, 0.15) is 32.6 Å². The van der Waals surface area contributed by atoms with E-state index in [0.717, 1.165) is 12.8 Å². The Labute approximate surface area is 120 Å². The van der Waals surface area contributed by atoms with Crippen molar-refractivity contribution in [3.8, 4) is 0 Å². The molecule has 0 aromatic carbocycles. The van der Waals surface area contributed by atoms with Crippen LogP contribution in [0.4, 0.5) is 0 Å². The van der Waals surface area contributed by atoms with Gasteiger partial charge in [0.2, 0.25) is 10.0 Å². The fraction of sp³-hybridized carbons (Fsp3) is 0.923. The van der Waals surface area contributed by atoms with E-state index in [1.807, 2.05) is 0 Å². The molecule has 2 aliphatic heterocycles. The molecular formula is C13H23NO5S. The Bertz CT molecular complexity index is 430. The van der Waals surface area contributed by atoms with Gasteiger partial charge in [-0.2, -0.15) is 0 Å². The molecule has 0 aliphatic carbocycles. The Balaban J connectivity index is 1.94. The van der Waals surface area contributed by atoms with Gasteiger partial charge in [0.05, 0.1) is 24.4 Å². The molecule has 2 rings (SSSR count). The highest BCUT2D eigenvalue weighted by molar-refractivity contribution is 7.89. The maximum Gasteiger partial charge on any atom is 0.310 e. The zero-order valence-electron chi connectivity index (χ0n) is 11.9. The van der Waals surface area contributed by atoms with Gasteiger partial charge in [-0.05, 0) is 32.6 Å². The molecule has 0 amide bonds. The molecule has 0 saturated carbocycles. The van der Waals surface area contributed by atoms with Gasteiger partial charge in [0, 0.05) is 19.7 Å². The van der Waals surface area contributed by atoms with Crippen LogP contribution in [0.3, 0.4) is 0 Å². The molecule has 0 radical (unpaired) electrons. The first-order valence-corrected chi connectivity index (χ1v) is 8.90. The lowest BCUT2D eigenvalue weighted by Crippen LogP contribution is -2.45. The van der Waals surface area contributed by atoms with Crippen LogP contribution in [0.5, 0.6) is 0 Å². The van der Waals surface area contributed by atoms with Crippen LogP contribution in [0.25, 0.3) is 0 Å². The molecule has 2 unspecified atom stereocenters. The minimum atomic E-state index is -3.35. The van der Waals surface area contributed by atoms with Gasteiger partial charge in [0.15, 0.2) is 0 Å². The third-order valence-corrected chi connectivity index (χ3v) is 5.73. The summed E-state index contributed by atoms with van der Waals surface area (Å²) in [7, 11) is -3.35. The molecule has 2 heterocycles. The number of piperidine rings is 1. The number of ether oxygens (including phenoxy) is 2. The van der Waals surface area contributed by atoms with Crippen molar-refractivity contribution < 1.29 is 22.7 Å². The second-order valence-corrected chi connectivity index (χ2v) is 7.38. The lowest BCUT2D eigenvalue weighted by Gasteiger charge is -2.31. The van der Waals surface area contributed by atoms with E-state index < -0.39 is 10.0 Å². The summed E-state index contributed by atoms with van der Waals surface area (Å²) in [4.78, 5) is 11.7. The molecular weight excluding hydrogens is 282 g/mol. The van der Waals surface area contributed by atoms with E-state index in [-0.39, 0.29) is 30.3 Å². The van der Waals surface area contributed by atoms with Crippen LogP contribution in [-0.4, -0.2) is 56.9 Å². The summed E-state index contributed by atoms with van der Waals surface area (Å²) in [5.74, 6) is -0.588. The molecule has 0 N–H and O–H groups in total. The number of carbonyl (C=O) groups is 1. The molecule has 2 aliphatic rings. The highest BCUT2D eigenvalue weighted by Crippen LogP contribution is 2.23. The van der Waals surface area contributed by atoms with E-state index in [4.69, 9.17) is 9.47 Å². The summed E-state index contributed by atoms with van der Waals surface area (Å²) in [6.45, 7) is 3.47. The molecule has 20 heavy (non-hydrogen) atoms. The van der Waals surface area contributed by atoms with Crippen molar-refractivity contribution in [3.63, 3.8) is 0 Å². The second kappa shape index (κ2) is 6.87. The van der Waals surface area contributed by atoms with E-state index in [9.17, 15) is 13.2 Å². The molecule has 7 heteroatoms. The van der Waals surface area contributed by atoms with Crippen LogP contribution < -0.4 is 0 Å². The predicted molar refractivity (Wildman–Crippen MR) is 73.7 cm³/mol. The fourth-order valence-electron chi connectivity index (χ4n) is 2.76. The zero-order valence-corrected chi connectivity index (χ0v) is 12.7. The van der Waals surface area contributed by atoms with Gasteiger partial charge in [-0.25, -0.2) is 12.7 Å². The lowest BCUT2D eigenvalue weighted by atomic mass is 10.0. The maximum absolute atomic E-state index is 12.4. The number of carbonyl (C=O) groups excluding carboxylic acids is 1. The molecule has 6 nitrogen and oxygen atoms in total. The van der Waals surface area contributed by atoms with Crippen molar-refractivity contribution in [2.75, 3.05) is 32.1 Å². The van der Waals surface area contributed by atoms with Gasteiger partial charge in [-0.3, -0.25) is 4.79 Å². The Kier molecular flexibility index (Phi) is 5.40. The van der Waals surface area contributed by atoms with Gasteiger partial charge in [0.1, 0.15) is 0 Å². The molecule has 2 atom stereocenters. The number of rotatable bonds is 5. The van der Waals surface area contributed by atoms with Crippen molar-refractivity contribution in [1.29, 1.82) is 0 Å². The summed E-state index contributed by atoms with van der Waals surface area (Å²) >= 11 is 0. The highest BCUT2D eigenvalue weighted by Gasteiger charge is 2.35.